The van der Waals surface area contributed by atoms with Gasteiger partial charge in [0.15, 0.2) is 0 Å². The van der Waals surface area contributed by atoms with Crippen molar-refractivity contribution in [3.8, 4) is 45.3 Å². The molecule has 0 aliphatic rings. The summed E-state index contributed by atoms with van der Waals surface area (Å²) in [6.07, 6.45) is 1.84. The fraction of sp³-hybridized carbons (Fsp3) is 0. The van der Waals surface area contributed by atoms with Crippen molar-refractivity contribution in [3.63, 3.8) is 0 Å². The molecule has 10 rings (SSSR count). The van der Waals surface area contributed by atoms with Gasteiger partial charge in [-0.05, 0) is 65.7 Å². The molecule has 5 heteroatoms. The predicted octanol–water partition coefficient (Wildman–Crippen LogP) is 11.1. The zero-order chi connectivity index (χ0) is 33.0. The van der Waals surface area contributed by atoms with E-state index in [0.717, 1.165) is 61.3 Å². The Morgan fingerprint density at radius 3 is 1.68 bits per heavy atom. The molecule has 0 bridgehead atoms. The fourth-order valence-electron chi connectivity index (χ4n) is 7.28. The van der Waals surface area contributed by atoms with Crippen molar-refractivity contribution < 1.29 is 0 Å². The monoisotopic (exact) mass is 639 g/mol. The second-order valence-electron chi connectivity index (χ2n) is 12.5. The number of nitrogens with zero attached hydrogens (tertiary/aromatic N) is 5. The molecular formula is C45H29N5. The first kappa shape index (κ1) is 28.2. The highest BCUT2D eigenvalue weighted by Gasteiger charge is 2.19. The number of para-hydroxylation sites is 2. The lowest BCUT2D eigenvalue weighted by molar-refractivity contribution is 0.982. The van der Waals surface area contributed by atoms with Crippen LogP contribution in [0.5, 0.6) is 0 Å². The summed E-state index contributed by atoms with van der Waals surface area (Å²) in [5.74, 6) is 0.588. The minimum atomic E-state index is 0.588. The molecule has 4 aromatic heterocycles. The Kier molecular flexibility index (Phi) is 6.42. The van der Waals surface area contributed by atoms with Gasteiger partial charge in [-0.3, -0.25) is 4.57 Å². The van der Waals surface area contributed by atoms with Crippen LogP contribution in [0.1, 0.15) is 0 Å². The highest BCUT2D eigenvalue weighted by atomic mass is 15.2. The quantitative estimate of drug-likeness (QED) is 0.188. The maximum atomic E-state index is 5.15. The summed E-state index contributed by atoms with van der Waals surface area (Å²) in [6.45, 7) is 0. The summed E-state index contributed by atoms with van der Waals surface area (Å²) in [6, 6.07) is 59.5. The fourth-order valence-corrected chi connectivity index (χ4v) is 7.28. The van der Waals surface area contributed by atoms with Crippen LogP contribution < -0.4 is 0 Å². The first-order chi connectivity index (χ1) is 24.8. The third kappa shape index (κ3) is 4.52. The number of pyridine rings is 1. The molecule has 4 heterocycles. The van der Waals surface area contributed by atoms with Crippen molar-refractivity contribution in [2.24, 2.45) is 0 Å². The van der Waals surface area contributed by atoms with Crippen LogP contribution in [0.2, 0.25) is 0 Å². The number of rotatable bonds is 5. The zero-order valence-electron chi connectivity index (χ0n) is 27.0. The molecule has 0 amide bonds. The van der Waals surface area contributed by atoms with E-state index in [0.29, 0.717) is 5.95 Å². The lowest BCUT2D eigenvalue weighted by atomic mass is 10.0. The molecule has 234 valence electrons. The van der Waals surface area contributed by atoms with E-state index in [1.54, 1.807) is 0 Å². The molecular weight excluding hydrogens is 611 g/mol. The van der Waals surface area contributed by atoms with Crippen LogP contribution in [0.15, 0.2) is 176 Å². The highest BCUT2D eigenvalue weighted by Crippen LogP contribution is 2.38. The van der Waals surface area contributed by atoms with Crippen molar-refractivity contribution in [3.05, 3.63) is 176 Å². The van der Waals surface area contributed by atoms with E-state index in [4.69, 9.17) is 15.0 Å². The maximum absolute atomic E-state index is 5.15. The van der Waals surface area contributed by atoms with Crippen LogP contribution in [0.3, 0.4) is 0 Å². The normalized spacial score (nSPS) is 11.6. The molecule has 6 aromatic carbocycles. The van der Waals surface area contributed by atoms with Crippen molar-refractivity contribution in [2.45, 2.75) is 0 Å². The summed E-state index contributed by atoms with van der Waals surface area (Å²) >= 11 is 0. The number of hydrogen-bond acceptors (Lipinski definition) is 3. The second kappa shape index (κ2) is 11.4. The Bertz CT molecular complexity index is 2800. The summed E-state index contributed by atoms with van der Waals surface area (Å²) in [4.78, 5) is 15.2. The lowest BCUT2D eigenvalue weighted by Crippen LogP contribution is -2.04. The molecule has 0 fully saturated rings. The summed E-state index contributed by atoms with van der Waals surface area (Å²) in [5.41, 5.74) is 11.4. The number of aromatic nitrogens is 5. The Labute approximate surface area is 288 Å². The average Bonchev–Trinajstić information content (AvgIpc) is 3.71. The van der Waals surface area contributed by atoms with Gasteiger partial charge < -0.3 is 4.57 Å². The van der Waals surface area contributed by atoms with Crippen molar-refractivity contribution in [1.29, 1.82) is 0 Å². The SMILES string of the molecule is c1ccc(-c2cc(-c3ccccc3)nc(-n3c4ccc(-c5ccc6c7ccccc7n(-c7ccccc7)c6c5)cc4c4cccnc43)n2)cc1. The second-order valence-corrected chi connectivity index (χ2v) is 12.5. The highest BCUT2D eigenvalue weighted by molar-refractivity contribution is 6.11. The van der Waals surface area contributed by atoms with Crippen molar-refractivity contribution >= 4 is 43.7 Å². The maximum Gasteiger partial charge on any atom is 0.237 e. The van der Waals surface area contributed by atoms with Crippen LogP contribution in [-0.4, -0.2) is 24.1 Å². The summed E-state index contributed by atoms with van der Waals surface area (Å²) < 4.78 is 4.47. The molecule has 5 nitrogen and oxygen atoms in total. The lowest BCUT2D eigenvalue weighted by Gasteiger charge is -2.11. The van der Waals surface area contributed by atoms with E-state index in [1.165, 1.54) is 21.8 Å². The molecule has 0 radical (unpaired) electrons. The molecule has 10 aromatic rings. The van der Waals surface area contributed by atoms with Gasteiger partial charge in [0.2, 0.25) is 5.95 Å². The topological polar surface area (TPSA) is 48.5 Å². The third-order valence-electron chi connectivity index (χ3n) is 9.60. The summed E-state index contributed by atoms with van der Waals surface area (Å²) in [5, 5.41) is 4.64. The van der Waals surface area contributed by atoms with Gasteiger partial charge in [-0.2, -0.15) is 0 Å². The van der Waals surface area contributed by atoms with Gasteiger partial charge in [0, 0.05) is 44.6 Å². The molecule has 0 unspecified atom stereocenters. The molecule has 0 atom stereocenters. The number of benzene rings is 6. The van der Waals surface area contributed by atoms with Gasteiger partial charge in [0.05, 0.1) is 27.9 Å². The summed E-state index contributed by atoms with van der Waals surface area (Å²) in [7, 11) is 0. The smallest absolute Gasteiger partial charge is 0.237 e. The van der Waals surface area contributed by atoms with Gasteiger partial charge in [-0.15, -0.1) is 0 Å². The van der Waals surface area contributed by atoms with E-state index in [1.807, 2.05) is 48.7 Å². The van der Waals surface area contributed by atoms with Gasteiger partial charge in [-0.25, -0.2) is 15.0 Å². The molecule has 0 aliphatic carbocycles. The largest absolute Gasteiger partial charge is 0.309 e. The van der Waals surface area contributed by atoms with Crippen molar-refractivity contribution in [2.75, 3.05) is 0 Å². The Morgan fingerprint density at radius 2 is 0.940 bits per heavy atom. The van der Waals surface area contributed by atoms with Gasteiger partial charge in [-0.1, -0.05) is 115 Å². The van der Waals surface area contributed by atoms with Gasteiger partial charge in [0.25, 0.3) is 0 Å². The third-order valence-corrected chi connectivity index (χ3v) is 9.60. The number of fused-ring (bicyclic) bond motifs is 6. The van der Waals surface area contributed by atoms with Crippen LogP contribution >= 0.6 is 0 Å². The Morgan fingerprint density at radius 1 is 0.360 bits per heavy atom. The number of hydrogen-bond donors (Lipinski definition) is 0. The van der Waals surface area contributed by atoms with E-state index < -0.39 is 0 Å². The van der Waals surface area contributed by atoms with Crippen LogP contribution in [0.4, 0.5) is 0 Å². The predicted molar refractivity (Wildman–Crippen MR) is 205 cm³/mol. The minimum Gasteiger partial charge on any atom is -0.309 e. The molecule has 0 saturated heterocycles. The Balaban J connectivity index is 1.18. The van der Waals surface area contributed by atoms with E-state index in [9.17, 15) is 0 Å². The standard InChI is InChI=1S/C45H29N5/c1-4-13-30(14-5-1)39-29-40(31-15-6-2-7-16-31)48-45(47-39)50-42-25-23-32(27-38(42)37-20-12-26-46-44(37)50)33-22-24-36-35-19-10-11-21-41(35)49(43(36)28-33)34-17-8-3-9-18-34/h1-29H. The first-order valence-electron chi connectivity index (χ1n) is 16.8. The Hall–Kier alpha value is -6.85. The van der Waals surface area contributed by atoms with Gasteiger partial charge >= 0.3 is 0 Å². The minimum absolute atomic E-state index is 0.588. The molecule has 0 N–H and O–H groups in total. The molecule has 50 heavy (non-hydrogen) atoms. The first-order valence-corrected chi connectivity index (χ1v) is 16.8. The van der Waals surface area contributed by atoms with Gasteiger partial charge in [0.1, 0.15) is 5.65 Å². The van der Waals surface area contributed by atoms with E-state index in [-0.39, 0.29) is 0 Å². The zero-order valence-corrected chi connectivity index (χ0v) is 27.0. The van der Waals surface area contributed by atoms with Crippen molar-refractivity contribution in [1.82, 2.24) is 24.1 Å². The van der Waals surface area contributed by atoms with E-state index in [2.05, 4.69) is 137 Å². The molecule has 0 saturated carbocycles. The molecule has 0 spiro atoms. The van der Waals surface area contributed by atoms with Crippen LogP contribution in [0, 0.1) is 0 Å². The van der Waals surface area contributed by atoms with Crippen LogP contribution in [0.25, 0.3) is 89.0 Å². The molecule has 0 aliphatic heterocycles. The van der Waals surface area contributed by atoms with E-state index >= 15 is 0 Å². The average molecular weight is 640 g/mol. The van der Waals surface area contributed by atoms with Crippen LogP contribution in [-0.2, 0) is 0 Å².